The summed E-state index contributed by atoms with van der Waals surface area (Å²) >= 11 is 4.01. The second-order valence-corrected chi connectivity index (χ2v) is 6.91. The molecule has 1 aliphatic rings. The second-order valence-electron chi connectivity index (χ2n) is 4.44. The van der Waals surface area contributed by atoms with Crippen molar-refractivity contribution in [3.8, 4) is 0 Å². The van der Waals surface area contributed by atoms with Crippen LogP contribution in [-0.2, 0) is 0 Å². The lowest BCUT2D eigenvalue weighted by molar-refractivity contribution is 1.12. The van der Waals surface area contributed by atoms with Gasteiger partial charge in [-0.25, -0.2) is 0 Å². The average Bonchev–Trinajstić information content (AvgIpc) is 2.51. The predicted octanol–water partition coefficient (Wildman–Crippen LogP) is 5.27. The van der Waals surface area contributed by atoms with Crippen LogP contribution in [-0.4, -0.2) is 11.5 Å². The first-order chi connectivity index (χ1) is 9.45. The average molecular weight is 284 g/mol. The normalized spacial score (nSPS) is 15.3. The van der Waals surface area contributed by atoms with Crippen LogP contribution in [0, 0.1) is 0 Å². The third-order valence-corrected chi connectivity index (χ3v) is 5.71. The number of thioether (sulfide) groups is 2. The van der Waals surface area contributed by atoms with Crippen LogP contribution < -0.4 is 0 Å². The van der Waals surface area contributed by atoms with Crippen LogP contribution in [0.2, 0.25) is 0 Å². The SMILES string of the molecule is c1ccc(C(=C2SCCCS2)c2ccccc2)cc1. The van der Waals surface area contributed by atoms with Gasteiger partial charge in [0.15, 0.2) is 0 Å². The van der Waals surface area contributed by atoms with Gasteiger partial charge in [0.05, 0.1) is 0 Å². The maximum atomic E-state index is 2.21. The molecule has 0 N–H and O–H groups in total. The van der Waals surface area contributed by atoms with E-state index >= 15 is 0 Å². The molecule has 1 heterocycles. The highest BCUT2D eigenvalue weighted by Crippen LogP contribution is 2.42. The lowest BCUT2D eigenvalue weighted by Crippen LogP contribution is -1.97. The molecular weight excluding hydrogens is 268 g/mol. The van der Waals surface area contributed by atoms with Gasteiger partial charge in [-0.2, -0.15) is 0 Å². The Balaban J connectivity index is 2.11. The first-order valence-corrected chi connectivity index (χ1v) is 8.53. The van der Waals surface area contributed by atoms with E-state index in [1.165, 1.54) is 38.9 Å². The van der Waals surface area contributed by atoms with Crippen molar-refractivity contribution in [3.63, 3.8) is 0 Å². The van der Waals surface area contributed by atoms with Crippen molar-refractivity contribution < 1.29 is 0 Å². The van der Waals surface area contributed by atoms with Crippen LogP contribution in [0.4, 0.5) is 0 Å². The summed E-state index contributed by atoms with van der Waals surface area (Å²) in [5.74, 6) is 2.48. The zero-order valence-electron chi connectivity index (χ0n) is 10.7. The van der Waals surface area contributed by atoms with Gasteiger partial charge in [-0.3, -0.25) is 0 Å². The van der Waals surface area contributed by atoms with Crippen LogP contribution >= 0.6 is 23.5 Å². The highest BCUT2D eigenvalue weighted by Gasteiger charge is 2.15. The van der Waals surface area contributed by atoms with E-state index in [-0.39, 0.29) is 0 Å². The summed E-state index contributed by atoms with van der Waals surface area (Å²) < 4.78 is 1.48. The van der Waals surface area contributed by atoms with Gasteiger partial charge < -0.3 is 0 Å². The van der Waals surface area contributed by atoms with E-state index in [9.17, 15) is 0 Å². The Hall–Kier alpha value is -1.12. The van der Waals surface area contributed by atoms with Gasteiger partial charge in [0, 0.05) is 9.81 Å². The van der Waals surface area contributed by atoms with Crippen LogP contribution in [0.1, 0.15) is 17.5 Å². The molecule has 0 amide bonds. The topological polar surface area (TPSA) is 0 Å². The maximum Gasteiger partial charge on any atom is 0.0485 e. The van der Waals surface area contributed by atoms with Crippen LogP contribution in [0.3, 0.4) is 0 Å². The van der Waals surface area contributed by atoms with E-state index < -0.39 is 0 Å². The third kappa shape index (κ3) is 3.07. The molecule has 1 saturated heterocycles. The molecule has 2 aromatic rings. The van der Waals surface area contributed by atoms with Crippen molar-refractivity contribution in [1.29, 1.82) is 0 Å². The summed E-state index contributed by atoms with van der Waals surface area (Å²) in [6, 6.07) is 21.5. The first kappa shape index (κ1) is 12.9. The Morgan fingerprint density at radius 3 is 1.63 bits per heavy atom. The molecule has 0 bridgehead atoms. The molecule has 0 radical (unpaired) electrons. The highest BCUT2D eigenvalue weighted by atomic mass is 32.2. The Labute approximate surface area is 123 Å². The molecule has 0 atom stereocenters. The van der Waals surface area contributed by atoms with Gasteiger partial charge in [0.25, 0.3) is 0 Å². The van der Waals surface area contributed by atoms with Gasteiger partial charge in [0.2, 0.25) is 0 Å². The summed E-state index contributed by atoms with van der Waals surface area (Å²) in [5.41, 5.74) is 4.05. The largest absolute Gasteiger partial charge is 0.119 e. The molecule has 19 heavy (non-hydrogen) atoms. The zero-order chi connectivity index (χ0) is 12.9. The molecule has 3 rings (SSSR count). The molecule has 0 nitrogen and oxygen atoms in total. The summed E-state index contributed by atoms with van der Waals surface area (Å²) in [6.45, 7) is 0. The second kappa shape index (κ2) is 6.36. The summed E-state index contributed by atoms with van der Waals surface area (Å²) in [7, 11) is 0. The van der Waals surface area contributed by atoms with Crippen molar-refractivity contribution in [3.05, 3.63) is 76.0 Å². The Kier molecular flexibility index (Phi) is 4.31. The van der Waals surface area contributed by atoms with Crippen molar-refractivity contribution in [2.75, 3.05) is 11.5 Å². The lowest BCUT2D eigenvalue weighted by Gasteiger charge is -2.19. The molecule has 1 fully saturated rings. The number of hydrogen-bond donors (Lipinski definition) is 0. The molecule has 2 aromatic carbocycles. The lowest BCUT2D eigenvalue weighted by atomic mass is 10.00. The van der Waals surface area contributed by atoms with E-state index in [1.54, 1.807) is 0 Å². The zero-order valence-corrected chi connectivity index (χ0v) is 12.3. The van der Waals surface area contributed by atoms with Gasteiger partial charge in [-0.15, -0.1) is 23.5 Å². The smallest absolute Gasteiger partial charge is 0.0485 e. The van der Waals surface area contributed by atoms with Crippen LogP contribution in [0.5, 0.6) is 0 Å². The van der Waals surface area contributed by atoms with Crippen molar-refractivity contribution in [2.45, 2.75) is 6.42 Å². The Morgan fingerprint density at radius 1 is 0.684 bits per heavy atom. The third-order valence-electron chi connectivity index (χ3n) is 3.08. The fourth-order valence-electron chi connectivity index (χ4n) is 2.19. The van der Waals surface area contributed by atoms with Gasteiger partial charge in [0.1, 0.15) is 0 Å². The summed E-state index contributed by atoms with van der Waals surface area (Å²) in [6.07, 6.45) is 1.32. The quantitative estimate of drug-likeness (QED) is 0.736. The minimum atomic E-state index is 1.24. The van der Waals surface area contributed by atoms with E-state index in [1.807, 2.05) is 23.5 Å². The predicted molar refractivity (Wildman–Crippen MR) is 88.4 cm³/mol. The van der Waals surface area contributed by atoms with E-state index in [0.29, 0.717) is 0 Å². The maximum absolute atomic E-state index is 2.21. The summed E-state index contributed by atoms with van der Waals surface area (Å²) in [5, 5.41) is 0. The highest BCUT2D eigenvalue weighted by molar-refractivity contribution is 8.23. The van der Waals surface area contributed by atoms with Crippen LogP contribution in [0.25, 0.3) is 5.57 Å². The minimum Gasteiger partial charge on any atom is -0.119 e. The monoisotopic (exact) mass is 284 g/mol. The van der Waals surface area contributed by atoms with Crippen molar-refractivity contribution in [1.82, 2.24) is 0 Å². The van der Waals surface area contributed by atoms with Gasteiger partial charge in [-0.1, -0.05) is 60.7 Å². The Morgan fingerprint density at radius 2 is 1.16 bits per heavy atom. The summed E-state index contributed by atoms with van der Waals surface area (Å²) in [4.78, 5) is 0. The fourth-order valence-corrected chi connectivity index (χ4v) is 4.91. The molecule has 2 heteroatoms. The van der Waals surface area contributed by atoms with Crippen molar-refractivity contribution in [2.24, 2.45) is 0 Å². The molecule has 0 saturated carbocycles. The fraction of sp³-hybridized carbons (Fsp3) is 0.176. The minimum absolute atomic E-state index is 1.24. The molecule has 0 spiro atoms. The van der Waals surface area contributed by atoms with Gasteiger partial charge >= 0.3 is 0 Å². The molecule has 0 unspecified atom stereocenters. The van der Waals surface area contributed by atoms with E-state index in [2.05, 4.69) is 60.7 Å². The number of hydrogen-bond acceptors (Lipinski definition) is 2. The number of rotatable bonds is 2. The molecule has 0 aromatic heterocycles. The molecule has 96 valence electrons. The Bertz CT molecular complexity index is 509. The molecule has 1 aliphatic heterocycles. The van der Waals surface area contributed by atoms with E-state index in [4.69, 9.17) is 0 Å². The molecule has 0 aliphatic carbocycles. The van der Waals surface area contributed by atoms with E-state index in [0.717, 1.165) is 0 Å². The standard InChI is InChI=1S/C17H16S2/c1-3-8-14(9-4-1)16(15-10-5-2-6-11-15)17-18-12-7-13-19-17/h1-6,8-11H,7,12-13H2. The number of benzene rings is 2. The van der Waals surface area contributed by atoms with Crippen LogP contribution in [0.15, 0.2) is 64.9 Å². The van der Waals surface area contributed by atoms with Gasteiger partial charge in [-0.05, 0) is 29.1 Å². The van der Waals surface area contributed by atoms with Crippen molar-refractivity contribution >= 4 is 29.1 Å². The molecular formula is C17H16S2. The first-order valence-electron chi connectivity index (χ1n) is 6.56.